The van der Waals surface area contributed by atoms with Gasteiger partial charge in [0.25, 0.3) is 0 Å². The molecule has 0 aliphatic rings. The lowest BCUT2D eigenvalue weighted by Gasteiger charge is -2.03. The number of hydrogen-bond acceptors (Lipinski definition) is 0. The van der Waals surface area contributed by atoms with Gasteiger partial charge in [-0.3, -0.25) is 0 Å². The monoisotopic (exact) mass is 174 g/mol. The fourth-order valence-corrected chi connectivity index (χ4v) is 1.55. The minimum atomic E-state index is 0.656. The Hall–Kier alpha value is -1.04. The second-order valence-electron chi connectivity index (χ2n) is 3.92. The van der Waals surface area contributed by atoms with Crippen molar-refractivity contribution in [2.45, 2.75) is 27.2 Å². The molecule has 0 saturated carbocycles. The topological polar surface area (TPSA) is 0 Å². The number of allylic oxidation sites excluding steroid dienone is 2. The first kappa shape index (κ1) is 10.0. The zero-order chi connectivity index (χ0) is 9.68. The van der Waals surface area contributed by atoms with Gasteiger partial charge in [-0.05, 0) is 24.8 Å². The van der Waals surface area contributed by atoms with E-state index in [-0.39, 0.29) is 0 Å². The van der Waals surface area contributed by atoms with Crippen LogP contribution in [0.1, 0.15) is 26.3 Å². The molecule has 0 bridgehead atoms. The van der Waals surface area contributed by atoms with Gasteiger partial charge in [0.2, 0.25) is 0 Å². The van der Waals surface area contributed by atoms with E-state index in [4.69, 9.17) is 0 Å². The van der Waals surface area contributed by atoms with Gasteiger partial charge in [0.15, 0.2) is 0 Å². The minimum Gasteiger partial charge on any atom is -0.0827 e. The van der Waals surface area contributed by atoms with Gasteiger partial charge >= 0.3 is 0 Å². The summed E-state index contributed by atoms with van der Waals surface area (Å²) in [6, 6.07) is 10.6. The van der Waals surface area contributed by atoms with Crippen molar-refractivity contribution in [2.24, 2.45) is 5.92 Å². The summed E-state index contributed by atoms with van der Waals surface area (Å²) >= 11 is 0. The first-order valence-electron chi connectivity index (χ1n) is 4.89. The summed E-state index contributed by atoms with van der Waals surface area (Å²) in [4.78, 5) is 0. The van der Waals surface area contributed by atoms with Crippen LogP contribution in [0.2, 0.25) is 0 Å². The molecule has 0 radical (unpaired) electrons. The number of hydrogen-bond donors (Lipinski definition) is 0. The molecule has 13 heavy (non-hydrogen) atoms. The van der Waals surface area contributed by atoms with E-state index in [9.17, 15) is 0 Å². The lowest BCUT2D eigenvalue weighted by atomic mass is 10.0. The van der Waals surface area contributed by atoms with E-state index in [2.05, 4.69) is 57.2 Å². The lowest BCUT2D eigenvalue weighted by molar-refractivity contribution is 0.816. The van der Waals surface area contributed by atoms with Crippen molar-refractivity contribution in [1.29, 1.82) is 0 Å². The van der Waals surface area contributed by atoms with Gasteiger partial charge < -0.3 is 0 Å². The molecule has 1 rings (SSSR count). The fourth-order valence-electron chi connectivity index (χ4n) is 1.55. The predicted octanol–water partition coefficient (Wildman–Crippen LogP) is 3.83. The summed E-state index contributed by atoms with van der Waals surface area (Å²) in [5.41, 5.74) is 2.86. The molecule has 0 unspecified atom stereocenters. The second-order valence-corrected chi connectivity index (χ2v) is 3.92. The molecule has 0 amide bonds. The van der Waals surface area contributed by atoms with Gasteiger partial charge in [-0.15, -0.1) is 0 Å². The molecule has 1 aromatic carbocycles. The summed E-state index contributed by atoms with van der Waals surface area (Å²) in [6.45, 7) is 6.63. The predicted molar refractivity (Wildman–Crippen MR) is 58.7 cm³/mol. The third kappa shape index (κ3) is 3.93. The Morgan fingerprint density at radius 2 is 1.85 bits per heavy atom. The van der Waals surface area contributed by atoms with Crippen LogP contribution in [0.5, 0.6) is 0 Å². The van der Waals surface area contributed by atoms with Crippen LogP contribution in [0, 0.1) is 5.92 Å². The first-order chi connectivity index (χ1) is 6.18. The molecule has 0 saturated heterocycles. The molecule has 70 valence electrons. The van der Waals surface area contributed by atoms with Crippen molar-refractivity contribution in [2.75, 3.05) is 0 Å². The summed E-state index contributed by atoms with van der Waals surface area (Å²) in [5, 5.41) is 0. The van der Waals surface area contributed by atoms with Crippen LogP contribution < -0.4 is 0 Å². The molecule has 1 aromatic rings. The van der Waals surface area contributed by atoms with Crippen molar-refractivity contribution >= 4 is 0 Å². The van der Waals surface area contributed by atoms with Crippen LogP contribution in [0.15, 0.2) is 42.0 Å². The molecule has 0 nitrogen and oxygen atoms in total. The van der Waals surface area contributed by atoms with Crippen LogP contribution in [-0.4, -0.2) is 0 Å². The van der Waals surface area contributed by atoms with Crippen molar-refractivity contribution in [1.82, 2.24) is 0 Å². The summed E-state index contributed by atoms with van der Waals surface area (Å²) in [6.07, 6.45) is 3.41. The van der Waals surface area contributed by atoms with Gasteiger partial charge in [-0.25, -0.2) is 0 Å². The highest BCUT2D eigenvalue weighted by molar-refractivity contribution is 5.21. The molecule has 0 heteroatoms. The first-order valence-corrected chi connectivity index (χ1v) is 4.89. The van der Waals surface area contributed by atoms with Gasteiger partial charge in [0.05, 0.1) is 0 Å². The van der Waals surface area contributed by atoms with Crippen molar-refractivity contribution in [3.8, 4) is 0 Å². The Balaban J connectivity index is 2.60. The third-order valence-corrected chi connectivity index (χ3v) is 1.94. The Bertz CT molecular complexity index is 267. The average Bonchev–Trinajstić information content (AvgIpc) is 2.04. The zero-order valence-electron chi connectivity index (χ0n) is 8.75. The van der Waals surface area contributed by atoms with Crippen molar-refractivity contribution in [3.63, 3.8) is 0 Å². The van der Waals surface area contributed by atoms with E-state index < -0.39 is 0 Å². The standard InChI is InChI=1S/C13H18/c1-11(2)9-12(3)10-13-7-5-4-6-8-13/h4-9,11H,10H2,1-3H3/b12-9-. The molecular formula is C13H18. The molecule has 0 spiro atoms. The molecule has 0 heterocycles. The van der Waals surface area contributed by atoms with Gasteiger partial charge in [0, 0.05) is 0 Å². The summed E-state index contributed by atoms with van der Waals surface area (Å²) in [7, 11) is 0. The van der Waals surface area contributed by atoms with Crippen LogP contribution in [0.3, 0.4) is 0 Å². The van der Waals surface area contributed by atoms with Crippen LogP contribution in [0.25, 0.3) is 0 Å². The van der Waals surface area contributed by atoms with Gasteiger partial charge in [-0.2, -0.15) is 0 Å². The normalized spacial score (nSPS) is 12.2. The Morgan fingerprint density at radius 3 is 2.38 bits per heavy atom. The smallest absolute Gasteiger partial charge is 0.00698 e. The molecule has 0 N–H and O–H groups in total. The highest BCUT2D eigenvalue weighted by Crippen LogP contribution is 2.09. The Kier molecular flexibility index (Phi) is 3.75. The van der Waals surface area contributed by atoms with Crippen molar-refractivity contribution in [3.05, 3.63) is 47.5 Å². The summed E-state index contributed by atoms with van der Waals surface area (Å²) in [5.74, 6) is 0.656. The lowest BCUT2D eigenvalue weighted by Crippen LogP contribution is -1.89. The molecule has 0 aromatic heterocycles. The highest BCUT2D eigenvalue weighted by Gasteiger charge is 1.94. The molecule has 0 aliphatic carbocycles. The highest BCUT2D eigenvalue weighted by atomic mass is 14.0. The fraction of sp³-hybridized carbons (Fsp3) is 0.385. The summed E-state index contributed by atoms with van der Waals surface area (Å²) < 4.78 is 0. The largest absolute Gasteiger partial charge is 0.0827 e. The van der Waals surface area contributed by atoms with E-state index in [1.54, 1.807) is 0 Å². The van der Waals surface area contributed by atoms with E-state index in [1.165, 1.54) is 11.1 Å². The van der Waals surface area contributed by atoms with E-state index in [1.807, 2.05) is 0 Å². The minimum absolute atomic E-state index is 0.656. The maximum atomic E-state index is 2.33. The Labute approximate surface area is 81.3 Å². The number of rotatable bonds is 3. The van der Waals surface area contributed by atoms with E-state index >= 15 is 0 Å². The SMILES string of the molecule is C/C(=C/C(C)C)Cc1ccccc1. The zero-order valence-corrected chi connectivity index (χ0v) is 8.75. The van der Waals surface area contributed by atoms with Crippen LogP contribution in [-0.2, 0) is 6.42 Å². The van der Waals surface area contributed by atoms with Gasteiger partial charge in [-0.1, -0.05) is 55.8 Å². The third-order valence-electron chi connectivity index (χ3n) is 1.94. The van der Waals surface area contributed by atoms with Crippen LogP contribution >= 0.6 is 0 Å². The van der Waals surface area contributed by atoms with E-state index in [0.29, 0.717) is 5.92 Å². The molecular weight excluding hydrogens is 156 g/mol. The second kappa shape index (κ2) is 4.86. The maximum Gasteiger partial charge on any atom is -0.00698 e. The quantitative estimate of drug-likeness (QED) is 0.611. The van der Waals surface area contributed by atoms with Gasteiger partial charge in [0.1, 0.15) is 0 Å². The van der Waals surface area contributed by atoms with Crippen LogP contribution in [0.4, 0.5) is 0 Å². The average molecular weight is 174 g/mol. The number of benzene rings is 1. The molecule has 0 fully saturated rings. The van der Waals surface area contributed by atoms with Crippen molar-refractivity contribution < 1.29 is 0 Å². The Morgan fingerprint density at radius 1 is 1.23 bits per heavy atom. The molecule has 0 atom stereocenters. The molecule has 0 aliphatic heterocycles. The maximum absolute atomic E-state index is 2.33. The van der Waals surface area contributed by atoms with E-state index in [0.717, 1.165) is 6.42 Å².